The molecular formula is C22H20F2N4O2. The van der Waals surface area contributed by atoms with Crippen LogP contribution in [0.15, 0.2) is 42.7 Å². The Labute approximate surface area is 172 Å². The van der Waals surface area contributed by atoms with Gasteiger partial charge in [0.1, 0.15) is 23.6 Å². The van der Waals surface area contributed by atoms with Crippen LogP contribution in [-0.4, -0.2) is 28.8 Å². The van der Waals surface area contributed by atoms with Gasteiger partial charge in [0, 0.05) is 17.8 Å². The second-order valence-electron chi connectivity index (χ2n) is 6.76. The van der Waals surface area contributed by atoms with Gasteiger partial charge in [0.2, 0.25) is 0 Å². The summed E-state index contributed by atoms with van der Waals surface area (Å²) in [5, 5.41) is 4.07. The van der Waals surface area contributed by atoms with Crippen molar-refractivity contribution in [2.24, 2.45) is 0 Å². The summed E-state index contributed by atoms with van der Waals surface area (Å²) in [6.07, 6.45) is 1.43. The number of aromatic nitrogens is 3. The smallest absolute Gasteiger partial charge is 0.160 e. The molecule has 0 atom stereocenters. The van der Waals surface area contributed by atoms with Crippen LogP contribution >= 0.6 is 0 Å². The zero-order valence-electron chi connectivity index (χ0n) is 17.0. The summed E-state index contributed by atoms with van der Waals surface area (Å²) in [5.74, 6) is 0.0256. The molecule has 0 aliphatic carbocycles. The number of rotatable bonds is 5. The summed E-state index contributed by atoms with van der Waals surface area (Å²) in [4.78, 5) is 8.81. The first kappa shape index (κ1) is 19.6. The molecule has 30 heavy (non-hydrogen) atoms. The zero-order chi connectivity index (χ0) is 21.4. The molecule has 4 rings (SSSR count). The zero-order valence-corrected chi connectivity index (χ0v) is 17.0. The van der Waals surface area contributed by atoms with Crippen LogP contribution in [0.3, 0.4) is 0 Å². The summed E-state index contributed by atoms with van der Waals surface area (Å²) in [7, 11) is 3.16. The molecule has 0 fully saturated rings. The standard InChI is InChI=1S/C22H20F2N4O2/c1-12-13(2)28(14-5-7-16(23)17(24)9-14)22-20(12)21(25-11-26-22)27-18-8-6-15(29-3)10-19(18)30-4/h5-11H,1-4H3,(H,25,26,27). The Hall–Kier alpha value is -3.68. The molecule has 6 nitrogen and oxygen atoms in total. The number of aryl methyl sites for hydroxylation is 1. The lowest BCUT2D eigenvalue weighted by atomic mass is 10.2. The number of hydrogen-bond acceptors (Lipinski definition) is 5. The van der Waals surface area contributed by atoms with Gasteiger partial charge in [0.05, 0.1) is 31.0 Å². The highest BCUT2D eigenvalue weighted by Gasteiger charge is 2.19. The van der Waals surface area contributed by atoms with E-state index >= 15 is 0 Å². The lowest BCUT2D eigenvalue weighted by Gasteiger charge is -2.13. The topological polar surface area (TPSA) is 61.2 Å². The molecule has 4 aromatic rings. The third-order valence-corrected chi connectivity index (χ3v) is 5.12. The minimum absolute atomic E-state index is 0.483. The molecule has 0 aliphatic heterocycles. The third-order valence-electron chi connectivity index (χ3n) is 5.12. The molecule has 1 N–H and O–H groups in total. The van der Waals surface area contributed by atoms with Crippen LogP contribution in [0, 0.1) is 25.5 Å². The van der Waals surface area contributed by atoms with Crippen LogP contribution in [0.25, 0.3) is 16.7 Å². The Morgan fingerprint density at radius 2 is 1.73 bits per heavy atom. The van der Waals surface area contributed by atoms with Crippen LogP contribution in [0.5, 0.6) is 11.5 Å². The summed E-state index contributed by atoms with van der Waals surface area (Å²) in [6.45, 7) is 3.84. The molecule has 0 saturated carbocycles. The minimum atomic E-state index is -0.915. The predicted molar refractivity (Wildman–Crippen MR) is 111 cm³/mol. The fourth-order valence-corrected chi connectivity index (χ4v) is 3.46. The largest absolute Gasteiger partial charge is 0.497 e. The highest BCUT2D eigenvalue weighted by molar-refractivity contribution is 5.94. The molecule has 0 bridgehead atoms. The molecule has 0 saturated heterocycles. The van der Waals surface area contributed by atoms with Crippen molar-refractivity contribution in [3.8, 4) is 17.2 Å². The number of hydrogen-bond donors (Lipinski definition) is 1. The number of nitrogens with one attached hydrogen (secondary N) is 1. The van der Waals surface area contributed by atoms with E-state index in [1.54, 1.807) is 24.9 Å². The average Bonchev–Trinajstić information content (AvgIpc) is 3.01. The summed E-state index contributed by atoms with van der Waals surface area (Å²) in [6, 6.07) is 9.20. The van der Waals surface area contributed by atoms with Crippen molar-refractivity contribution >= 4 is 22.5 Å². The van der Waals surface area contributed by atoms with Gasteiger partial charge in [0.25, 0.3) is 0 Å². The lowest BCUT2D eigenvalue weighted by molar-refractivity contribution is 0.395. The normalized spacial score (nSPS) is 11.0. The van der Waals surface area contributed by atoms with E-state index < -0.39 is 11.6 Å². The Kier molecular flexibility index (Phi) is 4.99. The monoisotopic (exact) mass is 410 g/mol. The van der Waals surface area contributed by atoms with E-state index in [-0.39, 0.29) is 0 Å². The van der Waals surface area contributed by atoms with Gasteiger partial charge in [-0.25, -0.2) is 18.7 Å². The highest BCUT2D eigenvalue weighted by Crippen LogP contribution is 2.36. The maximum atomic E-state index is 13.9. The number of fused-ring (bicyclic) bond motifs is 1. The molecule has 0 unspecified atom stereocenters. The SMILES string of the molecule is COc1ccc(Nc2ncnc3c2c(C)c(C)n3-c2ccc(F)c(F)c2)c(OC)c1. The number of halogens is 2. The molecule has 2 heterocycles. The average molecular weight is 410 g/mol. The molecule has 0 aliphatic rings. The van der Waals surface area contributed by atoms with E-state index in [1.807, 2.05) is 26.0 Å². The number of ether oxygens (including phenoxy) is 2. The molecule has 154 valence electrons. The van der Waals surface area contributed by atoms with Crippen molar-refractivity contribution in [2.75, 3.05) is 19.5 Å². The van der Waals surface area contributed by atoms with Crippen molar-refractivity contribution in [2.45, 2.75) is 13.8 Å². The summed E-state index contributed by atoms with van der Waals surface area (Å²) < 4.78 is 39.8. The van der Waals surface area contributed by atoms with Crippen molar-refractivity contribution in [3.63, 3.8) is 0 Å². The van der Waals surface area contributed by atoms with Crippen molar-refractivity contribution in [1.82, 2.24) is 14.5 Å². The van der Waals surface area contributed by atoms with Crippen LogP contribution in [0.4, 0.5) is 20.3 Å². The van der Waals surface area contributed by atoms with Gasteiger partial charge < -0.3 is 14.8 Å². The maximum absolute atomic E-state index is 13.9. The summed E-state index contributed by atoms with van der Waals surface area (Å²) >= 11 is 0. The molecule has 2 aromatic heterocycles. The lowest BCUT2D eigenvalue weighted by Crippen LogP contribution is -2.01. The van der Waals surface area contributed by atoms with E-state index in [2.05, 4.69) is 15.3 Å². The van der Waals surface area contributed by atoms with Gasteiger partial charge in [-0.05, 0) is 43.7 Å². The van der Waals surface area contributed by atoms with E-state index in [1.165, 1.54) is 12.4 Å². The van der Waals surface area contributed by atoms with Crippen LogP contribution in [0.2, 0.25) is 0 Å². The van der Waals surface area contributed by atoms with E-state index in [0.717, 1.165) is 28.8 Å². The second-order valence-corrected chi connectivity index (χ2v) is 6.76. The van der Waals surface area contributed by atoms with Crippen molar-refractivity contribution in [3.05, 3.63) is 65.6 Å². The Morgan fingerprint density at radius 1 is 0.933 bits per heavy atom. The van der Waals surface area contributed by atoms with Crippen molar-refractivity contribution in [1.29, 1.82) is 0 Å². The molecule has 8 heteroatoms. The molecule has 0 radical (unpaired) electrons. The Balaban J connectivity index is 1.87. The summed E-state index contributed by atoms with van der Waals surface area (Å²) in [5.41, 5.74) is 3.54. The van der Waals surface area contributed by atoms with Gasteiger partial charge in [-0.15, -0.1) is 0 Å². The maximum Gasteiger partial charge on any atom is 0.160 e. The van der Waals surface area contributed by atoms with Gasteiger partial charge in [-0.1, -0.05) is 0 Å². The first-order chi connectivity index (χ1) is 14.4. The molecule has 0 spiro atoms. The Bertz CT molecular complexity index is 1250. The van der Waals surface area contributed by atoms with E-state index in [0.29, 0.717) is 34.3 Å². The fourth-order valence-electron chi connectivity index (χ4n) is 3.46. The minimum Gasteiger partial charge on any atom is -0.497 e. The van der Waals surface area contributed by atoms with Crippen LogP contribution < -0.4 is 14.8 Å². The number of nitrogens with zero attached hydrogens (tertiary/aromatic N) is 3. The number of anilines is 2. The predicted octanol–water partition coefficient (Wildman–Crippen LogP) is 5.08. The van der Waals surface area contributed by atoms with Crippen LogP contribution in [0.1, 0.15) is 11.3 Å². The first-order valence-corrected chi connectivity index (χ1v) is 9.21. The molecule has 0 amide bonds. The number of benzene rings is 2. The van der Waals surface area contributed by atoms with E-state index in [4.69, 9.17) is 9.47 Å². The van der Waals surface area contributed by atoms with Crippen molar-refractivity contribution < 1.29 is 18.3 Å². The van der Waals surface area contributed by atoms with E-state index in [9.17, 15) is 8.78 Å². The van der Waals surface area contributed by atoms with Gasteiger partial charge in [0.15, 0.2) is 17.3 Å². The second kappa shape index (κ2) is 7.62. The van der Waals surface area contributed by atoms with Gasteiger partial charge in [-0.2, -0.15) is 0 Å². The molecular weight excluding hydrogens is 390 g/mol. The highest BCUT2D eigenvalue weighted by atomic mass is 19.2. The first-order valence-electron chi connectivity index (χ1n) is 9.21. The molecule has 2 aromatic carbocycles. The quantitative estimate of drug-likeness (QED) is 0.497. The Morgan fingerprint density at radius 3 is 2.43 bits per heavy atom. The van der Waals surface area contributed by atoms with Gasteiger partial charge >= 0.3 is 0 Å². The fraction of sp³-hybridized carbons (Fsp3) is 0.182. The third kappa shape index (κ3) is 3.20. The number of methoxy groups -OCH3 is 2. The van der Waals surface area contributed by atoms with Crippen LogP contribution in [-0.2, 0) is 0 Å². The van der Waals surface area contributed by atoms with Gasteiger partial charge in [-0.3, -0.25) is 4.57 Å².